The third kappa shape index (κ3) is 5.76. The van der Waals surface area contributed by atoms with Crippen LogP contribution in [0.4, 0.5) is 0 Å². The number of pyridine rings is 1. The van der Waals surface area contributed by atoms with Crippen LogP contribution in [0.3, 0.4) is 0 Å². The molecule has 0 fully saturated rings. The van der Waals surface area contributed by atoms with Crippen LogP contribution in [0.2, 0.25) is 0 Å². The highest BCUT2D eigenvalue weighted by atomic mass is 32.2. The van der Waals surface area contributed by atoms with Gasteiger partial charge in [0.25, 0.3) is 0 Å². The van der Waals surface area contributed by atoms with Crippen LogP contribution in [0.15, 0.2) is 93.2 Å². The predicted molar refractivity (Wildman–Crippen MR) is 154 cm³/mol. The fourth-order valence-electron chi connectivity index (χ4n) is 4.23. The van der Waals surface area contributed by atoms with E-state index in [9.17, 15) is 14.9 Å². The van der Waals surface area contributed by atoms with E-state index in [-0.39, 0.29) is 11.4 Å². The largest absolute Gasteiger partial charge is 0.497 e. The number of carbonyl (C=O) groups excluding carboxylic acids is 1. The van der Waals surface area contributed by atoms with Crippen LogP contribution in [0.25, 0.3) is 28.1 Å². The highest BCUT2D eigenvalue weighted by Gasteiger charge is 2.31. The molecule has 5 aromatic rings. The lowest BCUT2D eigenvalue weighted by atomic mass is 9.98. The van der Waals surface area contributed by atoms with Crippen LogP contribution in [0.1, 0.15) is 21.6 Å². The Hall–Kier alpha value is -5.14. The molecule has 0 radical (unpaired) electrons. The number of benzene rings is 3. The quantitative estimate of drug-likeness (QED) is 0.148. The van der Waals surface area contributed by atoms with E-state index < -0.39 is 11.4 Å². The molecule has 1 N–H and O–H groups in total. The summed E-state index contributed by atoms with van der Waals surface area (Å²) in [6, 6.07) is 26.2. The van der Waals surface area contributed by atoms with Crippen molar-refractivity contribution in [2.45, 2.75) is 11.9 Å². The van der Waals surface area contributed by atoms with Gasteiger partial charge in [-0.25, -0.2) is 9.78 Å². The zero-order valence-electron chi connectivity index (χ0n) is 22.5. The van der Waals surface area contributed by atoms with Gasteiger partial charge in [0.15, 0.2) is 0 Å². The molecule has 0 amide bonds. The van der Waals surface area contributed by atoms with E-state index in [1.807, 2.05) is 61.5 Å². The molecule has 0 saturated heterocycles. The van der Waals surface area contributed by atoms with Crippen molar-refractivity contribution in [3.05, 3.63) is 106 Å². The molecule has 10 heteroatoms. The van der Waals surface area contributed by atoms with Gasteiger partial charge >= 0.3 is 11.3 Å². The summed E-state index contributed by atoms with van der Waals surface area (Å²) >= 11 is 1.09. The lowest BCUT2D eigenvalue weighted by Gasteiger charge is -2.13. The van der Waals surface area contributed by atoms with E-state index in [0.29, 0.717) is 39.0 Å². The molecule has 9 nitrogen and oxygen atoms in total. The number of Topliss-reactive ketones (excluding diaryl/α,β-unsaturated/α-hetero) is 1. The molecular weight excluding hydrogens is 540 g/mol. The first-order valence-corrected chi connectivity index (χ1v) is 13.5. The number of nitrogens with one attached hydrogen (secondary N) is 1. The van der Waals surface area contributed by atoms with Crippen molar-refractivity contribution >= 4 is 17.5 Å². The maximum Gasteiger partial charge on any atom is 0.438 e. The van der Waals surface area contributed by atoms with Crippen LogP contribution in [0, 0.1) is 18.3 Å². The molecule has 3 aromatic carbocycles. The summed E-state index contributed by atoms with van der Waals surface area (Å²) in [5.41, 5.74) is 3.97. The summed E-state index contributed by atoms with van der Waals surface area (Å²) < 4.78 is 16.7. The van der Waals surface area contributed by atoms with Gasteiger partial charge < -0.3 is 9.47 Å². The maximum absolute atomic E-state index is 13.4. The number of hydrogen-bond acceptors (Lipinski definition) is 8. The van der Waals surface area contributed by atoms with Gasteiger partial charge in [0.1, 0.15) is 22.6 Å². The normalized spacial score (nSPS) is 10.7. The van der Waals surface area contributed by atoms with Crippen molar-refractivity contribution in [3.8, 4) is 45.6 Å². The van der Waals surface area contributed by atoms with Gasteiger partial charge in [-0.3, -0.25) is 9.32 Å². The van der Waals surface area contributed by atoms with Crippen molar-refractivity contribution in [2.24, 2.45) is 0 Å². The molecule has 0 spiro atoms. The van der Waals surface area contributed by atoms with E-state index in [1.165, 1.54) is 4.68 Å². The number of H-pyrrole nitrogens is 1. The van der Waals surface area contributed by atoms with Gasteiger partial charge in [-0.1, -0.05) is 41.6 Å². The average Bonchev–Trinajstić information content (AvgIpc) is 3.41. The first-order valence-electron chi connectivity index (χ1n) is 12.5. The molecule has 0 bridgehead atoms. The fourth-order valence-corrected chi connectivity index (χ4v) is 5.10. The summed E-state index contributed by atoms with van der Waals surface area (Å²) in [4.78, 5) is 30.6. The number of methoxy groups -OCH3 is 2. The number of hydrogen-bond donors (Lipinski definition) is 1. The Morgan fingerprint density at radius 3 is 2.20 bits per heavy atom. The third-order valence-electron chi connectivity index (χ3n) is 6.43. The first kappa shape index (κ1) is 27.4. The molecule has 41 heavy (non-hydrogen) atoms. The Bertz CT molecular complexity index is 1800. The van der Waals surface area contributed by atoms with Crippen LogP contribution < -0.4 is 19.8 Å². The van der Waals surface area contributed by atoms with E-state index in [1.54, 1.807) is 38.5 Å². The number of thioether (sulfide) groups is 1. The molecule has 0 unspecified atom stereocenters. The van der Waals surface area contributed by atoms with E-state index >= 15 is 0 Å². The van der Waals surface area contributed by atoms with Gasteiger partial charge in [-0.15, -0.1) is 0 Å². The van der Waals surface area contributed by atoms with Gasteiger partial charge in [0.05, 0.1) is 31.2 Å². The summed E-state index contributed by atoms with van der Waals surface area (Å²) in [7, 11) is 3.14. The number of aromatic nitrogens is 3. The Labute approximate surface area is 239 Å². The zero-order chi connectivity index (χ0) is 28.9. The number of ketones is 1. The van der Waals surface area contributed by atoms with Gasteiger partial charge in [-0.2, -0.15) is 5.26 Å². The third-order valence-corrected chi connectivity index (χ3v) is 7.40. The minimum Gasteiger partial charge on any atom is -0.497 e. The molecule has 5 rings (SSSR count). The lowest BCUT2D eigenvalue weighted by Crippen LogP contribution is -2.41. The first-order chi connectivity index (χ1) is 19.9. The van der Waals surface area contributed by atoms with Crippen molar-refractivity contribution in [2.75, 3.05) is 20.0 Å². The van der Waals surface area contributed by atoms with Crippen molar-refractivity contribution in [1.82, 2.24) is 10.3 Å². The standard InChI is InChI=1S/C31H24N4O5S/c1-19-4-6-20(7-5-19)25-16-27(21-8-12-23(38-2)13-9-21)33-30(26(25)17-32)41-18-28(36)29-31(37)40-34-35(29)22-10-14-24(39-3)15-11-22/h4-16H,18H2,1-3H3/p+1. The summed E-state index contributed by atoms with van der Waals surface area (Å²) in [6.07, 6.45) is 0. The van der Waals surface area contributed by atoms with Gasteiger partial charge in [-0.05, 0) is 64.9 Å². The summed E-state index contributed by atoms with van der Waals surface area (Å²) in [5, 5.41) is 13.0. The maximum atomic E-state index is 13.4. The topological polar surface area (TPSA) is 122 Å². The lowest BCUT2D eigenvalue weighted by molar-refractivity contribution is -0.672. The average molecular weight is 566 g/mol. The highest BCUT2D eigenvalue weighted by Crippen LogP contribution is 2.35. The molecule has 0 aliphatic heterocycles. The second-order valence-corrected chi connectivity index (χ2v) is 9.98. The number of aromatic amines is 1. The summed E-state index contributed by atoms with van der Waals surface area (Å²) in [5.74, 6) is 0.690. The molecule has 0 saturated carbocycles. The SMILES string of the molecule is COc1ccc(-c2cc(-c3ccc(C)cc3)c(C#N)c(SCC(=O)c3c(=O)o[nH][n+]3-c3ccc(OC)cc3)n2)cc1. The summed E-state index contributed by atoms with van der Waals surface area (Å²) in [6.45, 7) is 1.99. The molecule has 0 aliphatic rings. The van der Waals surface area contributed by atoms with Crippen LogP contribution >= 0.6 is 11.8 Å². The van der Waals surface area contributed by atoms with Gasteiger partial charge in [0, 0.05) is 23.3 Å². The highest BCUT2D eigenvalue weighted by molar-refractivity contribution is 8.00. The smallest absolute Gasteiger partial charge is 0.438 e. The number of ether oxygens (including phenoxy) is 2. The predicted octanol–water partition coefficient (Wildman–Crippen LogP) is 5.15. The van der Waals surface area contributed by atoms with Gasteiger partial charge in [0.2, 0.25) is 11.5 Å². The number of carbonyl (C=O) groups is 1. The Balaban J connectivity index is 1.52. The number of nitrogens with zero attached hydrogens (tertiary/aromatic N) is 3. The molecular formula is C31H25N4O5S+. The Morgan fingerprint density at radius 1 is 0.976 bits per heavy atom. The Kier molecular flexibility index (Phi) is 7.99. The number of aryl methyl sites for hydroxylation is 1. The van der Waals surface area contributed by atoms with Crippen molar-refractivity contribution in [3.63, 3.8) is 0 Å². The molecule has 0 aliphatic carbocycles. The Morgan fingerprint density at radius 2 is 1.59 bits per heavy atom. The van der Waals surface area contributed by atoms with Crippen LogP contribution in [-0.4, -0.2) is 36.0 Å². The van der Waals surface area contributed by atoms with Crippen LogP contribution in [0.5, 0.6) is 11.5 Å². The van der Waals surface area contributed by atoms with E-state index in [0.717, 1.165) is 28.5 Å². The minimum atomic E-state index is -0.799. The van der Waals surface area contributed by atoms with E-state index in [4.69, 9.17) is 19.0 Å². The zero-order valence-corrected chi connectivity index (χ0v) is 23.3. The molecule has 0 atom stereocenters. The molecule has 2 aromatic heterocycles. The van der Waals surface area contributed by atoms with E-state index in [2.05, 4.69) is 11.3 Å². The van der Waals surface area contributed by atoms with Crippen LogP contribution in [-0.2, 0) is 0 Å². The second-order valence-electron chi connectivity index (χ2n) is 9.02. The molecule has 204 valence electrons. The monoisotopic (exact) mass is 565 g/mol. The number of rotatable bonds is 9. The van der Waals surface area contributed by atoms with Crippen molar-refractivity contribution in [1.29, 1.82) is 5.26 Å². The fraction of sp³-hybridized carbons (Fsp3) is 0.129. The molecule has 2 heterocycles. The van der Waals surface area contributed by atoms with Crippen molar-refractivity contribution < 1.29 is 23.5 Å². The number of nitriles is 1. The minimum absolute atomic E-state index is 0.153. The second kappa shape index (κ2) is 11.9.